The number of ether oxygens (including phenoxy) is 1. The fraction of sp³-hybridized carbons (Fsp3) is 0.375. The van der Waals surface area contributed by atoms with E-state index in [0.29, 0.717) is 5.90 Å². The van der Waals surface area contributed by atoms with Crippen molar-refractivity contribution in [3.63, 3.8) is 0 Å². The van der Waals surface area contributed by atoms with Crippen molar-refractivity contribution in [1.29, 1.82) is 0 Å². The highest BCUT2D eigenvalue weighted by Gasteiger charge is 2.12. The van der Waals surface area contributed by atoms with E-state index in [9.17, 15) is 0 Å². The highest BCUT2D eigenvalue weighted by molar-refractivity contribution is 5.94. The Morgan fingerprint density at radius 3 is 3.09 bits per heavy atom. The molecule has 0 amide bonds. The van der Waals surface area contributed by atoms with Gasteiger partial charge in [-0.15, -0.1) is 0 Å². The van der Waals surface area contributed by atoms with E-state index in [1.54, 1.807) is 6.20 Å². The Morgan fingerprint density at radius 1 is 1.64 bits per heavy atom. The van der Waals surface area contributed by atoms with Crippen molar-refractivity contribution in [2.24, 2.45) is 10.7 Å². The van der Waals surface area contributed by atoms with Crippen LogP contribution in [0.4, 0.5) is 0 Å². The second kappa shape index (κ2) is 3.81. The van der Waals surface area contributed by atoms with Crippen molar-refractivity contribution in [2.45, 2.75) is 12.8 Å². The van der Waals surface area contributed by atoms with Crippen LogP contribution in [-0.2, 0) is 4.74 Å². The lowest BCUT2D eigenvalue weighted by atomic mass is 10.1. The lowest BCUT2D eigenvalue weighted by Gasteiger charge is -2.16. The van der Waals surface area contributed by atoms with Crippen molar-refractivity contribution in [1.82, 2.24) is 0 Å². The number of rotatable bonds is 1. The number of hydrogen-bond acceptors (Lipinski definition) is 3. The van der Waals surface area contributed by atoms with Crippen LogP contribution in [0.15, 0.2) is 29.5 Å². The SMILES string of the molecule is C=C/N=C1/OCCC/C1=C/N. The summed E-state index contributed by atoms with van der Waals surface area (Å²) in [5.74, 6) is 0.619. The first kappa shape index (κ1) is 7.85. The summed E-state index contributed by atoms with van der Waals surface area (Å²) in [6, 6.07) is 0. The molecule has 11 heavy (non-hydrogen) atoms. The monoisotopic (exact) mass is 152 g/mol. The molecular weight excluding hydrogens is 140 g/mol. The van der Waals surface area contributed by atoms with Gasteiger partial charge in [0.1, 0.15) is 0 Å². The average molecular weight is 152 g/mol. The summed E-state index contributed by atoms with van der Waals surface area (Å²) in [5, 5.41) is 0. The number of nitrogens with zero attached hydrogens (tertiary/aromatic N) is 1. The summed E-state index contributed by atoms with van der Waals surface area (Å²) in [4.78, 5) is 3.95. The summed E-state index contributed by atoms with van der Waals surface area (Å²) >= 11 is 0. The van der Waals surface area contributed by atoms with E-state index in [1.165, 1.54) is 6.20 Å². The summed E-state index contributed by atoms with van der Waals surface area (Å²) in [7, 11) is 0. The molecule has 0 spiro atoms. The first-order valence-corrected chi connectivity index (χ1v) is 3.61. The first-order chi connectivity index (χ1) is 5.38. The minimum atomic E-state index is 0.619. The normalized spacial score (nSPS) is 25.1. The summed E-state index contributed by atoms with van der Waals surface area (Å²) < 4.78 is 5.25. The molecule has 1 saturated heterocycles. The minimum Gasteiger partial charge on any atom is -0.477 e. The van der Waals surface area contributed by atoms with Crippen LogP contribution < -0.4 is 5.73 Å². The molecule has 0 aromatic carbocycles. The molecule has 0 bridgehead atoms. The maximum absolute atomic E-state index is 5.37. The summed E-state index contributed by atoms with van der Waals surface area (Å²) in [6.45, 7) is 4.21. The van der Waals surface area contributed by atoms with Crippen LogP contribution in [0.25, 0.3) is 0 Å². The molecule has 0 aromatic heterocycles. The molecule has 0 saturated carbocycles. The third-order valence-electron chi connectivity index (χ3n) is 1.51. The second-order valence-corrected chi connectivity index (χ2v) is 2.26. The van der Waals surface area contributed by atoms with Crippen molar-refractivity contribution in [2.75, 3.05) is 6.61 Å². The third-order valence-corrected chi connectivity index (χ3v) is 1.51. The Hall–Kier alpha value is -1.25. The van der Waals surface area contributed by atoms with Gasteiger partial charge in [0, 0.05) is 18.0 Å². The van der Waals surface area contributed by atoms with Gasteiger partial charge < -0.3 is 10.5 Å². The predicted molar refractivity (Wildman–Crippen MR) is 45.1 cm³/mol. The molecule has 1 aliphatic rings. The van der Waals surface area contributed by atoms with E-state index in [2.05, 4.69) is 11.6 Å². The van der Waals surface area contributed by atoms with Gasteiger partial charge in [-0.25, -0.2) is 4.99 Å². The van der Waals surface area contributed by atoms with Crippen LogP contribution in [-0.4, -0.2) is 12.5 Å². The van der Waals surface area contributed by atoms with E-state index in [1.807, 2.05) is 0 Å². The molecule has 1 fully saturated rings. The van der Waals surface area contributed by atoms with Crippen molar-refractivity contribution < 1.29 is 4.74 Å². The maximum Gasteiger partial charge on any atom is 0.217 e. The van der Waals surface area contributed by atoms with Crippen molar-refractivity contribution in [3.8, 4) is 0 Å². The molecule has 0 radical (unpaired) electrons. The fourth-order valence-corrected chi connectivity index (χ4v) is 0.989. The van der Waals surface area contributed by atoms with Crippen LogP contribution in [0.1, 0.15) is 12.8 Å². The zero-order valence-electron chi connectivity index (χ0n) is 6.42. The number of aliphatic imine (C=N–C) groups is 1. The van der Waals surface area contributed by atoms with E-state index >= 15 is 0 Å². The van der Waals surface area contributed by atoms with Crippen LogP contribution in [0, 0.1) is 0 Å². The van der Waals surface area contributed by atoms with Gasteiger partial charge in [0.25, 0.3) is 0 Å². The van der Waals surface area contributed by atoms with Gasteiger partial charge >= 0.3 is 0 Å². The molecule has 0 unspecified atom stereocenters. The van der Waals surface area contributed by atoms with Crippen molar-refractivity contribution >= 4 is 5.90 Å². The molecule has 1 aliphatic heterocycles. The zero-order chi connectivity index (χ0) is 8.10. The molecule has 3 heteroatoms. The zero-order valence-corrected chi connectivity index (χ0v) is 6.42. The Labute approximate surface area is 66.3 Å². The molecule has 1 heterocycles. The fourth-order valence-electron chi connectivity index (χ4n) is 0.989. The molecule has 0 atom stereocenters. The highest BCUT2D eigenvalue weighted by atomic mass is 16.5. The Bertz CT molecular complexity index is 206. The number of nitrogens with two attached hydrogens (primary N) is 1. The van der Waals surface area contributed by atoms with Gasteiger partial charge in [0.15, 0.2) is 0 Å². The molecule has 2 N–H and O–H groups in total. The van der Waals surface area contributed by atoms with Gasteiger partial charge in [-0.2, -0.15) is 0 Å². The standard InChI is InChI=1S/C8H12N2O/c1-2-10-8-7(6-9)4-3-5-11-8/h2,6H,1,3-5,9H2/b7-6-,10-8+. The Morgan fingerprint density at radius 2 is 2.45 bits per heavy atom. The Balaban J connectivity index is 2.74. The third kappa shape index (κ3) is 1.83. The quantitative estimate of drug-likeness (QED) is 0.613. The predicted octanol–water partition coefficient (Wildman–Crippen LogP) is 1.18. The van der Waals surface area contributed by atoms with Crippen LogP contribution >= 0.6 is 0 Å². The van der Waals surface area contributed by atoms with Crippen molar-refractivity contribution in [3.05, 3.63) is 24.6 Å². The summed E-state index contributed by atoms with van der Waals surface area (Å²) in [6.07, 6.45) is 4.97. The topological polar surface area (TPSA) is 47.6 Å². The smallest absolute Gasteiger partial charge is 0.217 e. The van der Waals surface area contributed by atoms with Gasteiger partial charge in [0.05, 0.1) is 6.61 Å². The average Bonchev–Trinajstić information content (AvgIpc) is 2.06. The largest absolute Gasteiger partial charge is 0.477 e. The molecule has 0 aliphatic carbocycles. The van der Waals surface area contributed by atoms with Gasteiger partial charge in [-0.3, -0.25) is 0 Å². The first-order valence-electron chi connectivity index (χ1n) is 3.61. The lowest BCUT2D eigenvalue weighted by molar-refractivity contribution is 0.280. The van der Waals surface area contributed by atoms with E-state index < -0.39 is 0 Å². The van der Waals surface area contributed by atoms with Gasteiger partial charge in [0.2, 0.25) is 5.90 Å². The molecule has 1 rings (SSSR count). The van der Waals surface area contributed by atoms with E-state index in [-0.39, 0.29) is 0 Å². The minimum absolute atomic E-state index is 0.619. The Kier molecular flexibility index (Phi) is 2.72. The summed E-state index contributed by atoms with van der Waals surface area (Å²) in [5.41, 5.74) is 6.34. The molecule has 0 aromatic rings. The van der Waals surface area contributed by atoms with Crippen LogP contribution in [0.5, 0.6) is 0 Å². The molecule has 60 valence electrons. The van der Waals surface area contributed by atoms with Gasteiger partial charge in [-0.1, -0.05) is 6.58 Å². The van der Waals surface area contributed by atoms with E-state index in [4.69, 9.17) is 10.5 Å². The molecule has 3 nitrogen and oxygen atoms in total. The highest BCUT2D eigenvalue weighted by Crippen LogP contribution is 2.13. The van der Waals surface area contributed by atoms with Crippen LogP contribution in [0.2, 0.25) is 0 Å². The molecular formula is C8H12N2O. The maximum atomic E-state index is 5.37. The lowest BCUT2D eigenvalue weighted by Crippen LogP contribution is -2.16. The van der Waals surface area contributed by atoms with E-state index in [0.717, 1.165) is 25.0 Å². The second-order valence-electron chi connectivity index (χ2n) is 2.26. The van der Waals surface area contributed by atoms with Gasteiger partial charge in [-0.05, 0) is 12.8 Å². The van der Waals surface area contributed by atoms with Crippen LogP contribution in [0.3, 0.4) is 0 Å². The number of hydrogen-bond donors (Lipinski definition) is 1.